The summed E-state index contributed by atoms with van der Waals surface area (Å²) < 4.78 is 0. The van der Waals surface area contributed by atoms with Crippen molar-refractivity contribution in [2.24, 2.45) is 0 Å². The number of anilines is 1. The number of hydrogen-bond acceptors (Lipinski definition) is 2. The average molecular weight is 308 g/mol. The Morgan fingerprint density at radius 1 is 0.913 bits per heavy atom. The molecule has 1 fully saturated rings. The molecule has 2 aliphatic heterocycles. The van der Waals surface area contributed by atoms with Gasteiger partial charge in [-0.3, -0.25) is 4.90 Å². The average Bonchev–Trinajstić information content (AvgIpc) is 2.99. The maximum Gasteiger partial charge on any atom is 0.0379 e. The normalized spacial score (nSPS) is 18.7. The Bertz CT molecular complexity index is 613. The van der Waals surface area contributed by atoms with Crippen LogP contribution in [0.2, 0.25) is 0 Å². The topological polar surface area (TPSA) is 15.3 Å². The van der Waals surface area contributed by atoms with Gasteiger partial charge in [0.05, 0.1) is 0 Å². The fourth-order valence-electron chi connectivity index (χ4n) is 3.89. The molecule has 2 aliphatic rings. The van der Waals surface area contributed by atoms with Crippen LogP contribution >= 0.6 is 0 Å². The molecule has 1 saturated heterocycles. The van der Waals surface area contributed by atoms with Crippen LogP contribution in [0.15, 0.2) is 54.6 Å². The smallest absolute Gasteiger partial charge is 0.0379 e. The van der Waals surface area contributed by atoms with Gasteiger partial charge in [0, 0.05) is 24.2 Å². The Kier molecular flexibility index (Phi) is 5.02. The summed E-state index contributed by atoms with van der Waals surface area (Å²) in [6.07, 6.45) is 2.54. The van der Waals surface area contributed by atoms with Gasteiger partial charge in [-0.15, -0.1) is 0 Å². The number of likely N-dealkylation sites (tertiary alicyclic amines) is 1. The maximum absolute atomic E-state index is 3.61. The molecule has 0 bridgehead atoms. The predicted octanol–water partition coefficient (Wildman–Crippen LogP) is 4.67. The number of benzene rings is 2. The summed E-state index contributed by atoms with van der Waals surface area (Å²) in [6.45, 7) is 8.60. The van der Waals surface area contributed by atoms with E-state index in [1.54, 1.807) is 5.56 Å². The van der Waals surface area contributed by atoms with Gasteiger partial charge in [-0.1, -0.05) is 62.4 Å². The van der Waals surface area contributed by atoms with E-state index in [9.17, 15) is 0 Å². The first-order chi connectivity index (χ1) is 11.4. The molecule has 0 aliphatic carbocycles. The van der Waals surface area contributed by atoms with Crippen LogP contribution in [0, 0.1) is 0 Å². The van der Waals surface area contributed by atoms with E-state index in [0.717, 1.165) is 13.1 Å². The van der Waals surface area contributed by atoms with Gasteiger partial charge in [0.2, 0.25) is 0 Å². The molecule has 2 nitrogen and oxygen atoms in total. The molecular formula is C21H28N2. The SMILES string of the molecule is CC.c1ccc(CN2CCC3(CC2)CNc2ccccc23)cc1. The molecule has 2 heteroatoms. The van der Waals surface area contributed by atoms with Crippen LogP contribution in [-0.4, -0.2) is 24.5 Å². The van der Waals surface area contributed by atoms with Crippen molar-refractivity contribution >= 4 is 5.69 Å². The molecule has 0 saturated carbocycles. The number of nitrogens with zero attached hydrogens (tertiary/aromatic N) is 1. The molecule has 122 valence electrons. The summed E-state index contributed by atoms with van der Waals surface area (Å²) in [6, 6.07) is 19.7. The van der Waals surface area contributed by atoms with E-state index in [0.29, 0.717) is 5.41 Å². The molecule has 0 aromatic heterocycles. The number of rotatable bonds is 2. The van der Waals surface area contributed by atoms with E-state index in [-0.39, 0.29) is 0 Å². The van der Waals surface area contributed by atoms with Crippen LogP contribution in [0.5, 0.6) is 0 Å². The molecule has 0 unspecified atom stereocenters. The van der Waals surface area contributed by atoms with Crippen molar-refractivity contribution in [2.45, 2.75) is 38.6 Å². The van der Waals surface area contributed by atoms with Crippen molar-refractivity contribution < 1.29 is 0 Å². The predicted molar refractivity (Wildman–Crippen MR) is 98.9 cm³/mol. The van der Waals surface area contributed by atoms with Crippen molar-refractivity contribution in [2.75, 3.05) is 25.0 Å². The van der Waals surface area contributed by atoms with Gasteiger partial charge in [0.1, 0.15) is 0 Å². The van der Waals surface area contributed by atoms with Crippen molar-refractivity contribution in [3.8, 4) is 0 Å². The molecule has 23 heavy (non-hydrogen) atoms. The first-order valence-electron chi connectivity index (χ1n) is 8.95. The largest absolute Gasteiger partial charge is 0.384 e. The molecule has 2 aromatic rings. The molecule has 1 N–H and O–H groups in total. The fourth-order valence-corrected chi connectivity index (χ4v) is 3.89. The summed E-state index contributed by atoms with van der Waals surface area (Å²) in [5, 5.41) is 3.61. The Hall–Kier alpha value is -1.80. The van der Waals surface area contributed by atoms with Crippen LogP contribution in [0.4, 0.5) is 5.69 Å². The lowest BCUT2D eigenvalue weighted by Crippen LogP contribution is -2.43. The molecule has 0 amide bonds. The van der Waals surface area contributed by atoms with Gasteiger partial charge < -0.3 is 5.32 Å². The summed E-state index contributed by atoms with van der Waals surface area (Å²) in [7, 11) is 0. The van der Waals surface area contributed by atoms with E-state index in [4.69, 9.17) is 0 Å². The van der Waals surface area contributed by atoms with Crippen LogP contribution in [0.25, 0.3) is 0 Å². The Morgan fingerprint density at radius 2 is 1.57 bits per heavy atom. The lowest BCUT2D eigenvalue weighted by atomic mass is 9.74. The van der Waals surface area contributed by atoms with E-state index >= 15 is 0 Å². The van der Waals surface area contributed by atoms with Crippen LogP contribution < -0.4 is 5.32 Å². The summed E-state index contributed by atoms with van der Waals surface area (Å²) >= 11 is 0. The first kappa shape index (κ1) is 16.1. The monoisotopic (exact) mass is 308 g/mol. The fraction of sp³-hybridized carbons (Fsp3) is 0.429. The van der Waals surface area contributed by atoms with Crippen LogP contribution in [-0.2, 0) is 12.0 Å². The van der Waals surface area contributed by atoms with Gasteiger partial charge in [-0.05, 0) is 43.1 Å². The minimum absolute atomic E-state index is 0.379. The first-order valence-corrected chi connectivity index (χ1v) is 8.95. The maximum atomic E-state index is 3.61. The molecule has 1 spiro atoms. The minimum atomic E-state index is 0.379. The number of hydrogen-bond donors (Lipinski definition) is 1. The Morgan fingerprint density at radius 3 is 2.30 bits per heavy atom. The van der Waals surface area contributed by atoms with E-state index in [1.165, 1.54) is 37.2 Å². The third-order valence-corrected chi connectivity index (χ3v) is 5.18. The standard InChI is InChI=1S/C19H22N2.C2H6/c1-2-6-16(7-3-1)14-21-12-10-19(11-13-21)15-20-18-9-5-4-8-17(18)19;1-2/h1-9,20H,10-15H2;1-2H3. The zero-order valence-electron chi connectivity index (χ0n) is 14.4. The van der Waals surface area contributed by atoms with Gasteiger partial charge in [0.15, 0.2) is 0 Å². The molecule has 2 aromatic carbocycles. The Labute approximate surface area is 140 Å². The minimum Gasteiger partial charge on any atom is -0.384 e. The van der Waals surface area contributed by atoms with Gasteiger partial charge in [0.25, 0.3) is 0 Å². The second-order valence-electron chi connectivity index (χ2n) is 6.44. The molecule has 2 heterocycles. The third-order valence-electron chi connectivity index (χ3n) is 5.18. The summed E-state index contributed by atoms with van der Waals surface area (Å²) in [4.78, 5) is 2.60. The van der Waals surface area contributed by atoms with Gasteiger partial charge in [-0.25, -0.2) is 0 Å². The molecule has 0 atom stereocenters. The highest BCUT2D eigenvalue weighted by atomic mass is 15.1. The zero-order valence-corrected chi connectivity index (χ0v) is 14.4. The van der Waals surface area contributed by atoms with Gasteiger partial charge >= 0.3 is 0 Å². The van der Waals surface area contributed by atoms with Gasteiger partial charge in [-0.2, -0.15) is 0 Å². The van der Waals surface area contributed by atoms with Crippen molar-refractivity contribution in [1.82, 2.24) is 4.90 Å². The van der Waals surface area contributed by atoms with Crippen molar-refractivity contribution in [1.29, 1.82) is 0 Å². The second kappa shape index (κ2) is 7.18. The van der Waals surface area contributed by atoms with Crippen LogP contribution in [0.1, 0.15) is 37.8 Å². The quantitative estimate of drug-likeness (QED) is 0.867. The lowest BCUT2D eigenvalue weighted by Gasteiger charge is -2.39. The lowest BCUT2D eigenvalue weighted by molar-refractivity contribution is 0.162. The highest BCUT2D eigenvalue weighted by molar-refractivity contribution is 5.60. The number of nitrogens with one attached hydrogen (secondary N) is 1. The molecular weight excluding hydrogens is 280 g/mol. The number of fused-ring (bicyclic) bond motifs is 2. The van der Waals surface area contributed by atoms with E-state index in [1.807, 2.05) is 13.8 Å². The van der Waals surface area contributed by atoms with Crippen molar-refractivity contribution in [3.05, 3.63) is 65.7 Å². The van der Waals surface area contributed by atoms with Crippen molar-refractivity contribution in [3.63, 3.8) is 0 Å². The number of para-hydroxylation sites is 1. The zero-order chi connectivity index (χ0) is 16.1. The Balaban J connectivity index is 0.000000753. The third kappa shape index (κ3) is 3.28. The molecule has 0 radical (unpaired) electrons. The van der Waals surface area contributed by atoms with E-state index in [2.05, 4.69) is 64.8 Å². The summed E-state index contributed by atoms with van der Waals surface area (Å²) in [5.41, 5.74) is 4.71. The summed E-state index contributed by atoms with van der Waals surface area (Å²) in [5.74, 6) is 0. The highest BCUT2D eigenvalue weighted by Gasteiger charge is 2.40. The second-order valence-corrected chi connectivity index (χ2v) is 6.44. The molecule has 4 rings (SSSR count). The number of piperidine rings is 1. The highest BCUT2D eigenvalue weighted by Crippen LogP contribution is 2.43. The van der Waals surface area contributed by atoms with Crippen LogP contribution in [0.3, 0.4) is 0 Å². The van der Waals surface area contributed by atoms with E-state index < -0.39 is 0 Å².